The number of hydrogen-bond acceptors (Lipinski definition) is 6. The maximum Gasteiger partial charge on any atom is 0.416 e. The maximum atomic E-state index is 12.8. The molecule has 2 aromatic rings. The molecule has 0 saturated heterocycles. The van der Waals surface area contributed by atoms with Crippen LogP contribution in [0.2, 0.25) is 5.02 Å². The van der Waals surface area contributed by atoms with Crippen LogP contribution in [0, 0.1) is 10.1 Å². The molecule has 0 aliphatic carbocycles. The molecule has 0 spiro atoms. The van der Waals surface area contributed by atoms with Crippen molar-refractivity contribution in [2.45, 2.75) is 13.1 Å². The molecule has 24 heavy (non-hydrogen) atoms. The van der Waals surface area contributed by atoms with Crippen LogP contribution in [0.3, 0.4) is 0 Å². The lowest BCUT2D eigenvalue weighted by Gasteiger charge is -2.13. The lowest BCUT2D eigenvalue weighted by molar-refractivity contribution is -0.383. The van der Waals surface area contributed by atoms with E-state index in [2.05, 4.69) is 20.6 Å². The number of aromatic nitrogens is 2. The molecule has 0 saturated carbocycles. The summed E-state index contributed by atoms with van der Waals surface area (Å²) < 4.78 is 38.4. The molecule has 1 heterocycles. The highest BCUT2D eigenvalue weighted by Gasteiger charge is 2.31. The summed E-state index contributed by atoms with van der Waals surface area (Å²) in [6.45, 7) is 2.07. The van der Waals surface area contributed by atoms with Crippen LogP contribution in [-0.4, -0.2) is 21.4 Å². The van der Waals surface area contributed by atoms with Crippen LogP contribution in [-0.2, 0) is 6.18 Å². The first-order valence-corrected chi connectivity index (χ1v) is 6.98. The Bertz CT molecular complexity index is 770. The predicted octanol–water partition coefficient (Wildman–Crippen LogP) is 4.23. The van der Waals surface area contributed by atoms with Gasteiger partial charge in [-0.3, -0.25) is 10.1 Å². The summed E-state index contributed by atoms with van der Waals surface area (Å²) >= 11 is 5.87. The van der Waals surface area contributed by atoms with Crippen molar-refractivity contribution in [2.75, 3.05) is 17.2 Å². The number of nitrogens with zero attached hydrogens (tertiary/aromatic N) is 3. The second-order valence-corrected chi connectivity index (χ2v) is 4.93. The number of nitro groups is 1. The van der Waals surface area contributed by atoms with Gasteiger partial charge in [0.1, 0.15) is 6.33 Å². The van der Waals surface area contributed by atoms with Crippen molar-refractivity contribution in [3.63, 3.8) is 0 Å². The normalized spacial score (nSPS) is 11.2. The number of halogens is 4. The highest BCUT2D eigenvalue weighted by atomic mass is 35.5. The minimum Gasteiger partial charge on any atom is -0.364 e. The number of hydrogen-bond donors (Lipinski definition) is 2. The van der Waals surface area contributed by atoms with Gasteiger partial charge in [0, 0.05) is 6.54 Å². The van der Waals surface area contributed by atoms with E-state index in [0.29, 0.717) is 6.54 Å². The zero-order valence-corrected chi connectivity index (χ0v) is 12.9. The maximum absolute atomic E-state index is 12.8. The van der Waals surface area contributed by atoms with Crippen LogP contribution >= 0.6 is 11.6 Å². The average Bonchev–Trinajstić information content (AvgIpc) is 2.48. The molecule has 1 aromatic heterocycles. The zero-order valence-electron chi connectivity index (χ0n) is 12.2. The topological polar surface area (TPSA) is 93.0 Å². The van der Waals surface area contributed by atoms with Crippen molar-refractivity contribution in [1.82, 2.24) is 9.97 Å². The van der Waals surface area contributed by atoms with Crippen molar-refractivity contribution >= 4 is 34.6 Å². The van der Waals surface area contributed by atoms with Crippen molar-refractivity contribution in [3.8, 4) is 0 Å². The molecule has 0 bridgehead atoms. The van der Waals surface area contributed by atoms with Crippen LogP contribution in [0.5, 0.6) is 0 Å². The van der Waals surface area contributed by atoms with E-state index in [-0.39, 0.29) is 22.3 Å². The number of anilines is 3. The first-order chi connectivity index (χ1) is 11.2. The zero-order chi connectivity index (χ0) is 17.9. The van der Waals surface area contributed by atoms with E-state index < -0.39 is 22.4 Å². The third-order valence-electron chi connectivity index (χ3n) is 2.90. The Morgan fingerprint density at radius 2 is 1.96 bits per heavy atom. The standard InChI is InChI=1S/C13H11ClF3N5O2/c1-2-18-11-10(22(23)24)12(20-6-19-11)21-9-5-7(13(15,16)17)3-4-8(9)14/h3-6H,2H2,1H3,(H2,18,19,20,21). The van der Waals surface area contributed by atoms with Crippen molar-refractivity contribution in [3.05, 3.63) is 45.2 Å². The summed E-state index contributed by atoms with van der Waals surface area (Å²) in [5, 5.41) is 16.4. The lowest BCUT2D eigenvalue weighted by atomic mass is 10.2. The van der Waals surface area contributed by atoms with Gasteiger partial charge in [-0.15, -0.1) is 0 Å². The molecule has 128 valence electrons. The summed E-state index contributed by atoms with van der Waals surface area (Å²) in [5.74, 6) is -0.324. The Hall–Kier alpha value is -2.62. The minimum absolute atomic E-state index is 0.0408. The van der Waals surface area contributed by atoms with Gasteiger partial charge in [0.25, 0.3) is 0 Å². The van der Waals surface area contributed by atoms with Gasteiger partial charge < -0.3 is 10.6 Å². The largest absolute Gasteiger partial charge is 0.416 e. The molecule has 0 amide bonds. The molecule has 0 fully saturated rings. The van der Waals surface area contributed by atoms with Gasteiger partial charge in [0.2, 0.25) is 11.6 Å². The predicted molar refractivity (Wildman–Crippen MR) is 82.6 cm³/mol. The van der Waals surface area contributed by atoms with E-state index in [9.17, 15) is 23.3 Å². The fraction of sp³-hybridized carbons (Fsp3) is 0.231. The van der Waals surface area contributed by atoms with Gasteiger partial charge in [0.15, 0.2) is 0 Å². The molecular formula is C13H11ClF3N5O2. The number of benzene rings is 1. The first kappa shape index (κ1) is 17.7. The summed E-state index contributed by atoms with van der Waals surface area (Å²) in [6.07, 6.45) is -3.53. The summed E-state index contributed by atoms with van der Waals surface area (Å²) in [7, 11) is 0. The van der Waals surface area contributed by atoms with E-state index in [1.54, 1.807) is 6.92 Å². The van der Waals surface area contributed by atoms with Crippen LogP contribution in [0.4, 0.5) is 36.2 Å². The van der Waals surface area contributed by atoms with Crippen molar-refractivity contribution < 1.29 is 18.1 Å². The Kier molecular flexibility index (Phi) is 5.07. The molecule has 0 radical (unpaired) electrons. The molecule has 2 rings (SSSR count). The van der Waals surface area contributed by atoms with Crippen LogP contribution in [0.25, 0.3) is 0 Å². The van der Waals surface area contributed by atoms with Gasteiger partial charge in [-0.05, 0) is 25.1 Å². The van der Waals surface area contributed by atoms with Crippen molar-refractivity contribution in [1.29, 1.82) is 0 Å². The van der Waals surface area contributed by atoms with E-state index in [4.69, 9.17) is 11.6 Å². The van der Waals surface area contributed by atoms with E-state index in [0.717, 1.165) is 24.5 Å². The molecule has 7 nitrogen and oxygen atoms in total. The highest BCUT2D eigenvalue weighted by molar-refractivity contribution is 6.33. The smallest absolute Gasteiger partial charge is 0.364 e. The number of nitrogens with one attached hydrogen (secondary N) is 2. The van der Waals surface area contributed by atoms with E-state index >= 15 is 0 Å². The van der Waals surface area contributed by atoms with Crippen molar-refractivity contribution in [2.24, 2.45) is 0 Å². The van der Waals surface area contributed by atoms with Gasteiger partial charge in [0.05, 0.1) is 21.2 Å². The summed E-state index contributed by atoms with van der Waals surface area (Å²) in [6, 6.07) is 2.61. The fourth-order valence-electron chi connectivity index (χ4n) is 1.86. The molecule has 0 unspecified atom stereocenters. The summed E-state index contributed by atoms with van der Waals surface area (Å²) in [5.41, 5.74) is -1.60. The average molecular weight is 362 g/mol. The van der Waals surface area contributed by atoms with E-state index in [1.807, 2.05) is 0 Å². The molecule has 1 aromatic carbocycles. The Balaban J connectivity index is 2.48. The van der Waals surface area contributed by atoms with Crippen LogP contribution in [0.1, 0.15) is 12.5 Å². The second kappa shape index (κ2) is 6.87. The van der Waals surface area contributed by atoms with Gasteiger partial charge in [-0.25, -0.2) is 9.97 Å². The van der Waals surface area contributed by atoms with Gasteiger partial charge >= 0.3 is 11.9 Å². The highest BCUT2D eigenvalue weighted by Crippen LogP contribution is 2.37. The van der Waals surface area contributed by atoms with Gasteiger partial charge in [-0.1, -0.05) is 11.6 Å². The molecular weight excluding hydrogens is 351 g/mol. The van der Waals surface area contributed by atoms with E-state index in [1.165, 1.54) is 0 Å². The third-order valence-corrected chi connectivity index (χ3v) is 3.23. The molecule has 0 atom stereocenters. The Morgan fingerprint density at radius 3 is 2.54 bits per heavy atom. The fourth-order valence-corrected chi connectivity index (χ4v) is 2.03. The monoisotopic (exact) mass is 361 g/mol. The molecule has 0 aliphatic rings. The molecule has 11 heteroatoms. The minimum atomic E-state index is -4.58. The Labute approximate surface area is 139 Å². The lowest BCUT2D eigenvalue weighted by Crippen LogP contribution is -2.09. The quantitative estimate of drug-likeness (QED) is 0.611. The van der Waals surface area contributed by atoms with Gasteiger partial charge in [-0.2, -0.15) is 13.2 Å². The number of alkyl halides is 3. The first-order valence-electron chi connectivity index (χ1n) is 6.61. The van der Waals surface area contributed by atoms with Crippen LogP contribution in [0.15, 0.2) is 24.5 Å². The third kappa shape index (κ3) is 3.82. The van der Waals surface area contributed by atoms with Crippen LogP contribution < -0.4 is 10.6 Å². The second-order valence-electron chi connectivity index (χ2n) is 4.52. The Morgan fingerprint density at radius 1 is 1.29 bits per heavy atom. The SMILES string of the molecule is CCNc1ncnc(Nc2cc(C(F)(F)F)ccc2Cl)c1[N+](=O)[O-]. The summed E-state index contributed by atoms with van der Waals surface area (Å²) in [4.78, 5) is 18.0. The molecule has 0 aliphatic heterocycles. The number of rotatable bonds is 5. The molecule has 2 N–H and O–H groups in total.